The zero-order valence-corrected chi connectivity index (χ0v) is 10.7. The molecule has 0 bridgehead atoms. The van der Waals surface area contributed by atoms with E-state index in [1.807, 2.05) is 0 Å². The molecule has 10 nitrogen and oxygen atoms in total. The molecule has 1 aliphatic heterocycles. The molecular formula is C9H11ClN6O4. The SMILES string of the molecule is Nc1nc(Cl)c2nnn([C@@H]3O[C@H](CO)[C@@H](O)[C@H]3O)c2n1. The summed E-state index contributed by atoms with van der Waals surface area (Å²) >= 11 is 5.86. The summed E-state index contributed by atoms with van der Waals surface area (Å²) < 4.78 is 6.48. The summed E-state index contributed by atoms with van der Waals surface area (Å²) in [6.45, 7) is -0.445. The number of aliphatic hydroxyl groups is 3. The lowest BCUT2D eigenvalue weighted by Crippen LogP contribution is -2.33. The fourth-order valence-electron chi connectivity index (χ4n) is 2.07. The van der Waals surface area contributed by atoms with Gasteiger partial charge < -0.3 is 25.8 Å². The van der Waals surface area contributed by atoms with Crippen LogP contribution in [0.15, 0.2) is 0 Å². The van der Waals surface area contributed by atoms with Gasteiger partial charge in [0.2, 0.25) is 5.95 Å². The van der Waals surface area contributed by atoms with Gasteiger partial charge in [0, 0.05) is 0 Å². The topological polar surface area (TPSA) is 152 Å². The van der Waals surface area contributed by atoms with Gasteiger partial charge in [0.1, 0.15) is 18.3 Å². The number of rotatable bonds is 2. The Morgan fingerprint density at radius 2 is 2.05 bits per heavy atom. The van der Waals surface area contributed by atoms with Crippen molar-refractivity contribution in [2.45, 2.75) is 24.5 Å². The van der Waals surface area contributed by atoms with E-state index in [2.05, 4.69) is 20.3 Å². The molecule has 108 valence electrons. The number of hydrogen-bond acceptors (Lipinski definition) is 9. The van der Waals surface area contributed by atoms with Crippen molar-refractivity contribution < 1.29 is 20.1 Å². The molecule has 20 heavy (non-hydrogen) atoms. The van der Waals surface area contributed by atoms with E-state index >= 15 is 0 Å². The van der Waals surface area contributed by atoms with E-state index in [9.17, 15) is 10.2 Å². The predicted octanol–water partition coefficient (Wildman–Crippen LogP) is -1.93. The van der Waals surface area contributed by atoms with Gasteiger partial charge in [-0.1, -0.05) is 16.8 Å². The highest BCUT2D eigenvalue weighted by Crippen LogP contribution is 2.31. The quantitative estimate of drug-likeness (QED) is 0.464. The second kappa shape index (κ2) is 4.75. The molecule has 2 aromatic rings. The van der Waals surface area contributed by atoms with Gasteiger partial charge in [0.05, 0.1) is 6.61 Å². The molecule has 0 spiro atoms. The maximum absolute atomic E-state index is 9.95. The molecule has 0 unspecified atom stereocenters. The van der Waals surface area contributed by atoms with E-state index in [4.69, 9.17) is 27.2 Å². The third-order valence-electron chi connectivity index (χ3n) is 3.06. The first-order chi connectivity index (χ1) is 9.52. The van der Waals surface area contributed by atoms with Crippen LogP contribution < -0.4 is 5.73 Å². The van der Waals surface area contributed by atoms with Crippen molar-refractivity contribution in [2.75, 3.05) is 12.3 Å². The van der Waals surface area contributed by atoms with Crippen LogP contribution in [-0.2, 0) is 4.74 Å². The lowest BCUT2D eigenvalue weighted by molar-refractivity contribution is -0.0574. The number of nitrogen functional groups attached to an aromatic ring is 1. The molecular weight excluding hydrogens is 292 g/mol. The second-order valence-electron chi connectivity index (χ2n) is 4.31. The fraction of sp³-hybridized carbons (Fsp3) is 0.556. The Hall–Kier alpha value is -1.59. The molecule has 1 aliphatic rings. The Morgan fingerprint density at radius 1 is 1.30 bits per heavy atom. The van der Waals surface area contributed by atoms with Gasteiger partial charge in [0.25, 0.3) is 0 Å². The van der Waals surface area contributed by atoms with Gasteiger partial charge in [-0.2, -0.15) is 14.6 Å². The number of aromatic nitrogens is 5. The Kier molecular flexibility index (Phi) is 3.18. The Morgan fingerprint density at radius 3 is 2.70 bits per heavy atom. The number of nitrogens with zero attached hydrogens (tertiary/aromatic N) is 5. The van der Waals surface area contributed by atoms with Crippen molar-refractivity contribution in [1.29, 1.82) is 0 Å². The van der Waals surface area contributed by atoms with E-state index in [0.717, 1.165) is 4.68 Å². The first-order valence-electron chi connectivity index (χ1n) is 5.69. The highest BCUT2D eigenvalue weighted by Gasteiger charge is 2.44. The number of hydrogen-bond donors (Lipinski definition) is 4. The minimum atomic E-state index is -1.30. The van der Waals surface area contributed by atoms with Crippen molar-refractivity contribution in [3.63, 3.8) is 0 Å². The number of halogens is 1. The predicted molar refractivity (Wildman–Crippen MR) is 65.5 cm³/mol. The van der Waals surface area contributed by atoms with Gasteiger partial charge in [-0.05, 0) is 0 Å². The number of nitrogens with two attached hydrogens (primary N) is 1. The van der Waals surface area contributed by atoms with E-state index in [-0.39, 0.29) is 22.3 Å². The summed E-state index contributed by atoms with van der Waals surface area (Å²) in [7, 11) is 0. The Labute approximate surface area is 116 Å². The number of fused-ring (bicyclic) bond motifs is 1. The molecule has 1 saturated heterocycles. The molecule has 4 atom stereocenters. The van der Waals surface area contributed by atoms with Crippen LogP contribution in [0, 0.1) is 0 Å². The molecule has 5 N–H and O–H groups in total. The van der Waals surface area contributed by atoms with E-state index < -0.39 is 31.1 Å². The minimum absolute atomic E-state index is 0.0190. The molecule has 0 saturated carbocycles. The van der Waals surface area contributed by atoms with Crippen LogP contribution in [0.5, 0.6) is 0 Å². The normalized spacial score (nSPS) is 30.2. The number of anilines is 1. The van der Waals surface area contributed by atoms with Crippen molar-refractivity contribution >= 4 is 28.7 Å². The van der Waals surface area contributed by atoms with Gasteiger partial charge in [-0.15, -0.1) is 5.10 Å². The van der Waals surface area contributed by atoms with Crippen LogP contribution >= 0.6 is 11.6 Å². The Bertz CT molecular complexity index is 651. The smallest absolute Gasteiger partial charge is 0.223 e. The molecule has 0 radical (unpaired) electrons. The maximum Gasteiger partial charge on any atom is 0.223 e. The van der Waals surface area contributed by atoms with Crippen molar-refractivity contribution in [2.24, 2.45) is 0 Å². The van der Waals surface area contributed by atoms with Gasteiger partial charge in [-0.3, -0.25) is 0 Å². The lowest BCUT2D eigenvalue weighted by Gasteiger charge is -2.14. The van der Waals surface area contributed by atoms with Gasteiger partial charge in [0.15, 0.2) is 22.5 Å². The first-order valence-corrected chi connectivity index (χ1v) is 6.07. The van der Waals surface area contributed by atoms with Crippen LogP contribution in [0.4, 0.5) is 5.95 Å². The monoisotopic (exact) mass is 302 g/mol. The van der Waals surface area contributed by atoms with E-state index in [0.29, 0.717) is 0 Å². The van der Waals surface area contributed by atoms with Crippen molar-refractivity contribution in [3.05, 3.63) is 5.15 Å². The van der Waals surface area contributed by atoms with E-state index in [1.54, 1.807) is 0 Å². The summed E-state index contributed by atoms with van der Waals surface area (Å²) in [5.41, 5.74) is 5.86. The number of ether oxygens (including phenoxy) is 1. The zero-order valence-electron chi connectivity index (χ0n) is 9.96. The molecule has 3 heterocycles. The number of aliphatic hydroxyl groups excluding tert-OH is 3. The highest BCUT2D eigenvalue weighted by atomic mass is 35.5. The average molecular weight is 303 g/mol. The zero-order chi connectivity index (χ0) is 14.4. The van der Waals surface area contributed by atoms with Crippen LogP contribution in [-0.4, -0.2) is 65.2 Å². The fourth-order valence-corrected chi connectivity index (χ4v) is 2.28. The maximum atomic E-state index is 9.95. The van der Waals surface area contributed by atoms with Crippen molar-refractivity contribution in [1.82, 2.24) is 25.0 Å². The largest absolute Gasteiger partial charge is 0.394 e. The molecule has 1 fully saturated rings. The third kappa shape index (κ3) is 1.89. The molecule has 11 heteroatoms. The van der Waals surface area contributed by atoms with Crippen LogP contribution in [0.2, 0.25) is 5.15 Å². The standard InChI is InChI=1S/C9H11ClN6O4/c10-6-3-7(13-9(11)12-6)16(15-14-3)8-5(19)4(18)2(1-17)20-8/h2,4-5,8,17-19H,1H2,(H2,11,12,13)/t2-,4-,5-,8-/m1/s1. The minimum Gasteiger partial charge on any atom is -0.394 e. The first kappa shape index (κ1) is 13.4. The third-order valence-corrected chi connectivity index (χ3v) is 3.32. The summed E-state index contributed by atoms with van der Waals surface area (Å²) in [5.74, 6) is -0.0854. The van der Waals surface area contributed by atoms with Crippen LogP contribution in [0.1, 0.15) is 6.23 Å². The van der Waals surface area contributed by atoms with Crippen LogP contribution in [0.25, 0.3) is 11.2 Å². The molecule has 0 aliphatic carbocycles. The second-order valence-corrected chi connectivity index (χ2v) is 4.67. The summed E-state index contributed by atoms with van der Waals surface area (Å²) in [6, 6.07) is 0. The molecule has 0 aromatic carbocycles. The van der Waals surface area contributed by atoms with Crippen LogP contribution in [0.3, 0.4) is 0 Å². The summed E-state index contributed by atoms with van der Waals surface area (Å²) in [6.07, 6.45) is -4.53. The molecule has 2 aromatic heterocycles. The Balaban J connectivity index is 2.07. The van der Waals surface area contributed by atoms with Crippen molar-refractivity contribution in [3.8, 4) is 0 Å². The van der Waals surface area contributed by atoms with E-state index in [1.165, 1.54) is 0 Å². The highest BCUT2D eigenvalue weighted by molar-refractivity contribution is 6.33. The summed E-state index contributed by atoms with van der Waals surface area (Å²) in [4.78, 5) is 7.67. The average Bonchev–Trinajstić information content (AvgIpc) is 2.93. The summed E-state index contributed by atoms with van der Waals surface area (Å²) in [5, 5.41) is 36.3. The van der Waals surface area contributed by atoms with Gasteiger partial charge in [-0.25, -0.2) is 0 Å². The molecule has 3 rings (SSSR count). The lowest BCUT2D eigenvalue weighted by atomic mass is 10.1. The van der Waals surface area contributed by atoms with Gasteiger partial charge >= 0.3 is 0 Å². The molecule has 0 amide bonds.